The van der Waals surface area contributed by atoms with Crippen LogP contribution in [0.2, 0.25) is 0 Å². The lowest BCUT2D eigenvalue weighted by atomic mass is 9.80. The molecule has 4 aromatic rings. The number of carbonyl (C=O) groups excluding carboxylic acids is 2. The van der Waals surface area contributed by atoms with Crippen molar-refractivity contribution in [2.45, 2.75) is 56.4 Å². The Bertz CT molecular complexity index is 1710. The minimum atomic E-state index is -1.09. The van der Waals surface area contributed by atoms with Crippen molar-refractivity contribution in [1.82, 2.24) is 19.4 Å². The number of carbonyl (C=O) groups is 2. The minimum Gasteiger partial charge on any atom is -0.497 e. The Morgan fingerprint density at radius 3 is 2.52 bits per heavy atom. The van der Waals surface area contributed by atoms with Gasteiger partial charge in [-0.05, 0) is 37.0 Å². The lowest BCUT2D eigenvalue weighted by Gasteiger charge is -2.41. The van der Waals surface area contributed by atoms with Crippen molar-refractivity contribution in [3.8, 4) is 17.0 Å². The van der Waals surface area contributed by atoms with Gasteiger partial charge in [0.2, 0.25) is 0 Å². The number of rotatable bonds is 12. The zero-order chi connectivity index (χ0) is 34.9. The Hall–Kier alpha value is -4.87. The van der Waals surface area contributed by atoms with Crippen LogP contribution < -0.4 is 10.1 Å². The van der Waals surface area contributed by atoms with Gasteiger partial charge in [0.15, 0.2) is 5.69 Å². The fourth-order valence-corrected chi connectivity index (χ4v) is 7.25. The van der Waals surface area contributed by atoms with Crippen LogP contribution >= 0.6 is 0 Å². The van der Waals surface area contributed by atoms with Crippen molar-refractivity contribution in [3.63, 3.8) is 0 Å². The van der Waals surface area contributed by atoms with E-state index in [9.17, 15) is 14.7 Å². The molecule has 6 rings (SSSR count). The third-order valence-electron chi connectivity index (χ3n) is 9.81. The molecule has 0 unspecified atom stereocenters. The Kier molecular flexibility index (Phi) is 11.3. The van der Waals surface area contributed by atoms with E-state index >= 15 is 0 Å². The van der Waals surface area contributed by atoms with Gasteiger partial charge < -0.3 is 39.0 Å². The molecule has 3 aromatic carbocycles. The maximum atomic E-state index is 14.7. The van der Waals surface area contributed by atoms with Crippen LogP contribution in [0.1, 0.15) is 54.2 Å². The maximum absolute atomic E-state index is 14.7. The summed E-state index contributed by atoms with van der Waals surface area (Å²) in [7, 11) is 3.23. The van der Waals surface area contributed by atoms with Crippen LogP contribution in [0, 0.1) is 0 Å². The van der Waals surface area contributed by atoms with Crippen molar-refractivity contribution in [3.05, 3.63) is 103 Å². The van der Waals surface area contributed by atoms with Gasteiger partial charge in [-0.15, -0.1) is 0 Å². The van der Waals surface area contributed by atoms with E-state index in [4.69, 9.17) is 19.2 Å². The number of ether oxygens (including phenoxy) is 3. The van der Waals surface area contributed by atoms with Crippen molar-refractivity contribution >= 4 is 17.7 Å². The van der Waals surface area contributed by atoms with E-state index in [1.54, 1.807) is 25.4 Å². The molecular weight excluding hydrogens is 634 g/mol. The first-order chi connectivity index (χ1) is 24.4. The lowest BCUT2D eigenvalue weighted by Crippen LogP contribution is -2.57. The van der Waals surface area contributed by atoms with Crippen molar-refractivity contribution in [2.24, 2.45) is 0 Å². The molecule has 3 atom stereocenters. The molecule has 1 saturated carbocycles. The fraction of sp³-hybridized carbons (Fsp3) is 0.410. The summed E-state index contributed by atoms with van der Waals surface area (Å²) < 4.78 is 18.5. The average Bonchev–Trinajstić information content (AvgIpc) is 3.59. The van der Waals surface area contributed by atoms with Gasteiger partial charge in [-0.25, -0.2) is 9.78 Å². The molecule has 2 heterocycles. The zero-order valence-corrected chi connectivity index (χ0v) is 28.9. The smallest absolute Gasteiger partial charge is 0.410 e. The summed E-state index contributed by atoms with van der Waals surface area (Å²) in [6, 6.07) is 26.4. The molecule has 0 radical (unpaired) electrons. The molecule has 1 saturated heterocycles. The van der Waals surface area contributed by atoms with E-state index in [0.717, 1.165) is 41.8 Å². The van der Waals surface area contributed by atoms with E-state index in [0.29, 0.717) is 50.4 Å². The number of benzene rings is 3. The Labute approximate surface area is 293 Å². The van der Waals surface area contributed by atoms with E-state index < -0.39 is 11.7 Å². The quantitative estimate of drug-likeness (QED) is 0.187. The van der Waals surface area contributed by atoms with E-state index in [-0.39, 0.29) is 31.2 Å². The first kappa shape index (κ1) is 35.0. The summed E-state index contributed by atoms with van der Waals surface area (Å²) in [6.45, 7) is 1.89. The minimum absolute atomic E-state index is 0.176. The van der Waals surface area contributed by atoms with Crippen LogP contribution in [0.15, 0.2) is 91.3 Å². The Morgan fingerprint density at radius 2 is 1.76 bits per heavy atom. The number of anilines is 1. The highest BCUT2D eigenvalue weighted by atomic mass is 16.6. The zero-order valence-electron chi connectivity index (χ0n) is 28.9. The van der Waals surface area contributed by atoms with Gasteiger partial charge in [0.05, 0.1) is 37.8 Å². The van der Waals surface area contributed by atoms with Crippen LogP contribution in [0.25, 0.3) is 11.3 Å². The second kappa shape index (κ2) is 16.2. The van der Waals surface area contributed by atoms with Crippen molar-refractivity contribution < 1.29 is 28.9 Å². The summed E-state index contributed by atoms with van der Waals surface area (Å²) in [5.74, 6) is 0.536. The lowest BCUT2D eigenvalue weighted by molar-refractivity contribution is -0.0893. The number of aliphatic hydroxyl groups is 1. The standard InChI is InChI=1S/C39H47N5O6/c1-48-27-39(47)20-10-9-18-34(39)44-28-41-35(36(44)30-14-7-4-8-15-30)37(45)43-23-22-42(38(46)50-26-29-12-5-3-6-13-29)25-32(43)19-21-40-31-16-11-17-33(24-31)49-2/h3-8,11-17,24,28,32,34,40,47H,9-10,18-23,25-27H2,1-2H3/t32-,34-,39-/m1/s1. The highest BCUT2D eigenvalue weighted by molar-refractivity contribution is 5.98. The molecule has 50 heavy (non-hydrogen) atoms. The molecule has 0 spiro atoms. The van der Waals surface area contributed by atoms with E-state index in [1.165, 1.54) is 0 Å². The van der Waals surface area contributed by atoms with Crippen LogP contribution in [0.4, 0.5) is 10.5 Å². The Morgan fingerprint density at radius 1 is 0.980 bits per heavy atom. The summed E-state index contributed by atoms with van der Waals surface area (Å²) in [4.78, 5) is 36.2. The van der Waals surface area contributed by atoms with Crippen molar-refractivity contribution in [1.29, 1.82) is 0 Å². The molecule has 0 bridgehead atoms. The second-order valence-corrected chi connectivity index (χ2v) is 13.1. The number of hydrogen-bond acceptors (Lipinski definition) is 8. The molecule has 1 aromatic heterocycles. The highest BCUT2D eigenvalue weighted by Crippen LogP contribution is 2.41. The van der Waals surface area contributed by atoms with Gasteiger partial charge in [-0.3, -0.25) is 4.79 Å². The monoisotopic (exact) mass is 681 g/mol. The molecule has 2 N–H and O–H groups in total. The van der Waals surface area contributed by atoms with E-state index in [2.05, 4.69) is 5.32 Å². The molecule has 1 aliphatic carbocycles. The molecule has 264 valence electrons. The first-order valence-electron chi connectivity index (χ1n) is 17.4. The van der Waals surface area contributed by atoms with Gasteiger partial charge in [0.1, 0.15) is 18.0 Å². The number of nitrogens with one attached hydrogen (secondary N) is 1. The van der Waals surface area contributed by atoms with Gasteiger partial charge in [0, 0.05) is 50.6 Å². The number of hydrogen-bond donors (Lipinski definition) is 2. The molecule has 2 aliphatic rings. The van der Waals surface area contributed by atoms with Gasteiger partial charge >= 0.3 is 6.09 Å². The van der Waals surface area contributed by atoms with Crippen LogP contribution in [0.5, 0.6) is 5.75 Å². The third kappa shape index (κ3) is 7.95. The number of methoxy groups -OCH3 is 2. The fourth-order valence-electron chi connectivity index (χ4n) is 7.25. The number of aromatic nitrogens is 2. The topological polar surface area (TPSA) is 118 Å². The molecule has 2 fully saturated rings. The SMILES string of the molecule is COC[C@]1(O)CCCC[C@H]1n1cnc(C(=O)N2CCN(C(=O)OCc3ccccc3)C[C@H]2CCNc2cccc(OC)c2)c1-c1ccccc1. The first-order valence-corrected chi connectivity index (χ1v) is 17.4. The number of amides is 2. The normalized spacial score (nSPS) is 20.7. The highest BCUT2D eigenvalue weighted by Gasteiger charge is 2.43. The maximum Gasteiger partial charge on any atom is 0.410 e. The summed E-state index contributed by atoms with van der Waals surface area (Å²) >= 11 is 0. The predicted octanol–water partition coefficient (Wildman–Crippen LogP) is 6.02. The predicted molar refractivity (Wildman–Crippen MR) is 191 cm³/mol. The van der Waals surface area contributed by atoms with Crippen LogP contribution in [-0.4, -0.2) is 95.1 Å². The Balaban J connectivity index is 1.27. The second-order valence-electron chi connectivity index (χ2n) is 13.1. The third-order valence-corrected chi connectivity index (χ3v) is 9.81. The van der Waals surface area contributed by atoms with E-state index in [1.807, 2.05) is 94.4 Å². The molecule has 11 heteroatoms. The van der Waals surface area contributed by atoms with Gasteiger partial charge in [-0.1, -0.05) is 79.6 Å². The largest absolute Gasteiger partial charge is 0.497 e. The average molecular weight is 682 g/mol. The molecule has 11 nitrogen and oxygen atoms in total. The number of piperazine rings is 1. The van der Waals surface area contributed by atoms with Crippen molar-refractivity contribution in [2.75, 3.05) is 52.3 Å². The number of imidazole rings is 1. The van der Waals surface area contributed by atoms with Gasteiger partial charge in [-0.2, -0.15) is 0 Å². The summed E-state index contributed by atoms with van der Waals surface area (Å²) in [5, 5.41) is 15.2. The number of nitrogens with zero attached hydrogens (tertiary/aromatic N) is 4. The molecule has 2 amide bonds. The van der Waals surface area contributed by atoms with Crippen LogP contribution in [-0.2, 0) is 16.1 Å². The summed E-state index contributed by atoms with van der Waals surface area (Å²) in [6.07, 6.45) is 5.07. The molecular formula is C39H47N5O6. The van der Waals surface area contributed by atoms with Crippen LogP contribution in [0.3, 0.4) is 0 Å². The van der Waals surface area contributed by atoms with Gasteiger partial charge in [0.25, 0.3) is 5.91 Å². The molecule has 1 aliphatic heterocycles. The summed E-state index contributed by atoms with van der Waals surface area (Å²) in [5.41, 5.74) is 2.57.